The van der Waals surface area contributed by atoms with Crippen molar-refractivity contribution in [3.05, 3.63) is 0 Å². The number of rotatable bonds is 4. The first kappa shape index (κ1) is 13.4. The third-order valence-corrected chi connectivity index (χ3v) is 7.63. The Morgan fingerprint density at radius 1 is 0.875 bits per heavy atom. The topological polar surface area (TPSA) is 0 Å². The van der Waals surface area contributed by atoms with Crippen LogP contribution in [0.2, 0.25) is 0 Å². The summed E-state index contributed by atoms with van der Waals surface area (Å²) < 4.78 is 0. The van der Waals surface area contributed by atoms with Gasteiger partial charge in [-0.05, 0) is 31.6 Å². The van der Waals surface area contributed by atoms with Crippen LogP contribution in [0.1, 0.15) is 57.8 Å². The lowest BCUT2D eigenvalue weighted by Gasteiger charge is -2.27. The summed E-state index contributed by atoms with van der Waals surface area (Å²) >= 11 is 6.37. The normalized spacial score (nSPS) is 32.8. The van der Waals surface area contributed by atoms with Gasteiger partial charge in [-0.1, -0.05) is 53.7 Å². The molecule has 2 saturated carbocycles. The summed E-state index contributed by atoms with van der Waals surface area (Å²) in [5.41, 5.74) is 0. The zero-order chi connectivity index (χ0) is 11.2. The summed E-state index contributed by atoms with van der Waals surface area (Å²) in [6.07, 6.45) is 12.7. The monoisotopic (exact) mass is 278 g/mol. The Kier molecular flexibility index (Phi) is 6.23. The van der Waals surface area contributed by atoms with E-state index in [1.807, 2.05) is 0 Å². The van der Waals surface area contributed by atoms with E-state index in [4.69, 9.17) is 11.6 Å². The second-order valence-corrected chi connectivity index (χ2v) is 8.44. The van der Waals surface area contributed by atoms with Crippen LogP contribution in [-0.4, -0.2) is 16.4 Å². The summed E-state index contributed by atoms with van der Waals surface area (Å²) in [5, 5.41) is 1.17. The van der Waals surface area contributed by atoms with E-state index in [9.17, 15) is 0 Å². The van der Waals surface area contributed by atoms with Crippen molar-refractivity contribution in [1.82, 2.24) is 0 Å². The van der Waals surface area contributed by atoms with Crippen LogP contribution in [0.15, 0.2) is 0 Å². The van der Waals surface area contributed by atoms with Crippen LogP contribution in [0, 0.1) is 5.92 Å². The molecule has 0 N–H and O–H groups in total. The van der Waals surface area contributed by atoms with Gasteiger partial charge in [-0.2, -0.15) is 0 Å². The van der Waals surface area contributed by atoms with Crippen molar-refractivity contribution in [2.24, 2.45) is 5.92 Å². The molecule has 2 fully saturated rings. The fraction of sp³-hybridized carbons (Fsp3) is 1.00. The summed E-state index contributed by atoms with van der Waals surface area (Å²) in [4.78, 5) is 0. The van der Waals surface area contributed by atoms with Crippen LogP contribution in [0.5, 0.6) is 0 Å². The highest BCUT2D eigenvalue weighted by Crippen LogP contribution is 2.40. The minimum absolute atomic E-state index is 0.442. The zero-order valence-corrected chi connectivity index (χ0v) is 12.4. The lowest BCUT2D eigenvalue weighted by Crippen LogP contribution is -2.21. The summed E-state index contributed by atoms with van der Waals surface area (Å²) in [7, 11) is 4.19. The first-order valence-electron chi connectivity index (χ1n) is 6.78. The molecule has 16 heavy (non-hydrogen) atoms. The number of halogens is 1. The molecule has 0 radical (unpaired) electrons. The van der Waals surface area contributed by atoms with Gasteiger partial charge in [0.05, 0.1) is 0 Å². The van der Waals surface area contributed by atoms with E-state index in [2.05, 4.69) is 21.6 Å². The molecule has 0 aliphatic heterocycles. The predicted octanol–water partition coefficient (Wildman–Crippen LogP) is 5.50. The van der Waals surface area contributed by atoms with Gasteiger partial charge in [-0.25, -0.2) is 0 Å². The molecule has 0 saturated heterocycles. The van der Waals surface area contributed by atoms with E-state index in [-0.39, 0.29) is 0 Å². The Labute approximate surface area is 113 Å². The van der Waals surface area contributed by atoms with Gasteiger partial charge in [-0.3, -0.25) is 0 Å². The molecule has 0 aromatic rings. The van der Waals surface area contributed by atoms with Crippen LogP contribution in [0.4, 0.5) is 0 Å². The zero-order valence-electron chi connectivity index (χ0n) is 10.00. The van der Waals surface area contributed by atoms with Gasteiger partial charge < -0.3 is 0 Å². The lowest BCUT2D eigenvalue weighted by molar-refractivity contribution is 0.391. The molecule has 94 valence electrons. The van der Waals surface area contributed by atoms with Crippen molar-refractivity contribution in [2.45, 2.75) is 68.4 Å². The van der Waals surface area contributed by atoms with E-state index < -0.39 is 0 Å². The van der Waals surface area contributed by atoms with Gasteiger partial charge in [0.25, 0.3) is 0 Å². The maximum atomic E-state index is 6.37. The van der Waals surface area contributed by atoms with E-state index in [1.54, 1.807) is 0 Å². The Hall–Kier alpha value is 0.990. The standard InChI is InChI=1S/C13H23ClS2/c14-12-8-4-5-9-13(12)16-15-10-11-6-2-1-3-7-11/h11-13H,1-10H2. The molecule has 0 bridgehead atoms. The van der Waals surface area contributed by atoms with Crippen molar-refractivity contribution in [3.8, 4) is 0 Å². The third-order valence-electron chi connectivity index (χ3n) is 3.84. The largest absolute Gasteiger partial charge is 0.122 e. The first-order chi connectivity index (χ1) is 7.86. The van der Waals surface area contributed by atoms with Gasteiger partial charge in [0, 0.05) is 16.4 Å². The van der Waals surface area contributed by atoms with Crippen molar-refractivity contribution in [1.29, 1.82) is 0 Å². The van der Waals surface area contributed by atoms with Crippen LogP contribution >= 0.6 is 33.2 Å². The third kappa shape index (κ3) is 4.34. The van der Waals surface area contributed by atoms with Crippen LogP contribution in [0.3, 0.4) is 0 Å². The minimum Gasteiger partial charge on any atom is -0.122 e. The Morgan fingerprint density at radius 2 is 1.56 bits per heavy atom. The molecule has 0 amide bonds. The fourth-order valence-electron chi connectivity index (χ4n) is 2.74. The summed E-state index contributed by atoms with van der Waals surface area (Å²) in [5.74, 6) is 2.37. The quantitative estimate of drug-likeness (QED) is 0.492. The van der Waals surface area contributed by atoms with Gasteiger partial charge in [0.1, 0.15) is 0 Å². The lowest BCUT2D eigenvalue weighted by atomic mass is 9.91. The van der Waals surface area contributed by atoms with Gasteiger partial charge in [0.2, 0.25) is 0 Å². The molecular formula is C13H23ClS2. The SMILES string of the molecule is ClC1CCCCC1SSCC1CCCCC1. The number of alkyl halides is 1. The summed E-state index contributed by atoms with van der Waals surface area (Å²) in [6, 6.07) is 0. The molecule has 2 rings (SSSR count). The maximum Gasteiger partial charge on any atom is 0.0463 e. The molecule has 2 aliphatic rings. The van der Waals surface area contributed by atoms with Crippen LogP contribution < -0.4 is 0 Å². The molecule has 2 unspecified atom stereocenters. The number of hydrogen-bond donors (Lipinski definition) is 0. The minimum atomic E-state index is 0.442. The second kappa shape index (κ2) is 7.43. The Morgan fingerprint density at radius 3 is 2.31 bits per heavy atom. The Balaban J connectivity index is 1.59. The van der Waals surface area contributed by atoms with Gasteiger partial charge in [0.15, 0.2) is 0 Å². The van der Waals surface area contributed by atoms with E-state index in [0.29, 0.717) is 5.38 Å². The summed E-state index contributed by atoms with van der Waals surface area (Å²) in [6.45, 7) is 0. The molecule has 0 aromatic heterocycles. The van der Waals surface area contributed by atoms with Crippen LogP contribution in [-0.2, 0) is 0 Å². The molecule has 2 atom stereocenters. The maximum absolute atomic E-state index is 6.37. The van der Waals surface area contributed by atoms with E-state index in [1.165, 1.54) is 63.5 Å². The molecule has 0 nitrogen and oxygen atoms in total. The van der Waals surface area contributed by atoms with Crippen LogP contribution in [0.25, 0.3) is 0 Å². The molecular weight excluding hydrogens is 256 g/mol. The predicted molar refractivity (Wildman–Crippen MR) is 78.5 cm³/mol. The van der Waals surface area contributed by atoms with Crippen molar-refractivity contribution in [2.75, 3.05) is 5.75 Å². The highest BCUT2D eigenvalue weighted by molar-refractivity contribution is 8.77. The van der Waals surface area contributed by atoms with Crippen molar-refractivity contribution in [3.63, 3.8) is 0 Å². The molecule has 0 spiro atoms. The molecule has 0 aromatic carbocycles. The average Bonchev–Trinajstić information content (AvgIpc) is 2.33. The second-order valence-electron chi connectivity index (χ2n) is 5.22. The first-order valence-corrected chi connectivity index (χ1v) is 9.60. The van der Waals surface area contributed by atoms with Gasteiger partial charge >= 0.3 is 0 Å². The van der Waals surface area contributed by atoms with Crippen molar-refractivity contribution >= 4 is 33.2 Å². The number of hydrogen-bond acceptors (Lipinski definition) is 2. The highest BCUT2D eigenvalue weighted by atomic mass is 35.5. The fourth-order valence-corrected chi connectivity index (χ4v) is 6.68. The smallest absolute Gasteiger partial charge is 0.0463 e. The van der Waals surface area contributed by atoms with E-state index >= 15 is 0 Å². The van der Waals surface area contributed by atoms with Crippen molar-refractivity contribution < 1.29 is 0 Å². The Bertz CT molecular complexity index is 192. The molecule has 3 heteroatoms. The molecule has 2 aliphatic carbocycles. The molecule has 0 heterocycles. The highest BCUT2D eigenvalue weighted by Gasteiger charge is 2.24. The van der Waals surface area contributed by atoms with Gasteiger partial charge in [-0.15, -0.1) is 11.6 Å². The van der Waals surface area contributed by atoms with E-state index in [0.717, 1.165) is 11.2 Å². The average molecular weight is 279 g/mol.